The number of hydrogen-bond donors (Lipinski definition) is 2. The maximum Gasteiger partial charge on any atom is 0.268 e. The van der Waals surface area contributed by atoms with Crippen molar-refractivity contribution in [3.8, 4) is 5.75 Å². The van der Waals surface area contributed by atoms with Crippen molar-refractivity contribution in [3.63, 3.8) is 0 Å². The molecule has 0 bridgehead atoms. The first-order valence-electron chi connectivity index (χ1n) is 7.16. The average molecular weight is 330 g/mol. The van der Waals surface area contributed by atoms with Crippen molar-refractivity contribution in [2.75, 3.05) is 7.11 Å². The highest BCUT2D eigenvalue weighted by Crippen LogP contribution is 2.22. The number of pyridine rings is 1. The fourth-order valence-corrected chi connectivity index (χ4v) is 2.46. The minimum atomic E-state index is -0.222. The first-order valence-corrected chi connectivity index (χ1v) is 7.53. The first kappa shape index (κ1) is 15.4. The smallest absolute Gasteiger partial charge is 0.268 e. The van der Waals surface area contributed by atoms with Crippen LogP contribution in [0.2, 0.25) is 5.02 Å². The number of carbonyl (C=O) groups is 1. The number of methoxy groups -OCH3 is 1. The summed E-state index contributed by atoms with van der Waals surface area (Å²) in [6.45, 7) is 1.87. The average Bonchev–Trinajstić information content (AvgIpc) is 2.98. The van der Waals surface area contributed by atoms with E-state index in [-0.39, 0.29) is 11.9 Å². The lowest BCUT2D eigenvalue weighted by atomic mass is 10.2. The van der Waals surface area contributed by atoms with Crippen LogP contribution in [0.5, 0.6) is 5.75 Å². The van der Waals surface area contributed by atoms with Crippen molar-refractivity contribution in [2.45, 2.75) is 13.0 Å². The van der Waals surface area contributed by atoms with Gasteiger partial charge < -0.3 is 15.0 Å². The van der Waals surface area contributed by atoms with E-state index in [0.717, 1.165) is 22.3 Å². The van der Waals surface area contributed by atoms with E-state index in [9.17, 15) is 4.79 Å². The number of benzene rings is 1. The zero-order valence-electron chi connectivity index (χ0n) is 12.8. The molecule has 118 valence electrons. The van der Waals surface area contributed by atoms with E-state index in [1.165, 1.54) is 0 Å². The Morgan fingerprint density at radius 2 is 2.13 bits per heavy atom. The standard InChI is InChI=1S/C17H16ClN3O2/c1-10(14-5-3-12(18)9-19-14)20-17(22)16-8-11-7-13(23-2)4-6-15(11)21-16/h3-10,21H,1-2H3,(H,20,22)/t10-/m0/s1. The number of carbonyl (C=O) groups excluding carboxylic acids is 1. The van der Waals surface area contributed by atoms with Crippen molar-refractivity contribution in [1.29, 1.82) is 0 Å². The molecule has 0 radical (unpaired) electrons. The largest absolute Gasteiger partial charge is 0.497 e. The van der Waals surface area contributed by atoms with Gasteiger partial charge in [0.05, 0.1) is 23.9 Å². The van der Waals surface area contributed by atoms with Crippen LogP contribution in [-0.4, -0.2) is 23.0 Å². The van der Waals surface area contributed by atoms with Crippen LogP contribution in [0.15, 0.2) is 42.6 Å². The van der Waals surface area contributed by atoms with Gasteiger partial charge in [-0.1, -0.05) is 11.6 Å². The molecule has 2 heterocycles. The summed E-state index contributed by atoms with van der Waals surface area (Å²) in [5, 5.41) is 4.40. The molecule has 5 nitrogen and oxygen atoms in total. The van der Waals surface area contributed by atoms with Crippen LogP contribution in [0, 0.1) is 0 Å². The van der Waals surface area contributed by atoms with Gasteiger partial charge in [-0.2, -0.15) is 0 Å². The van der Waals surface area contributed by atoms with Gasteiger partial charge in [-0.05, 0) is 43.3 Å². The predicted octanol–water partition coefficient (Wildman–Crippen LogP) is 3.72. The van der Waals surface area contributed by atoms with Crippen LogP contribution in [0.3, 0.4) is 0 Å². The van der Waals surface area contributed by atoms with Gasteiger partial charge in [0.25, 0.3) is 5.91 Å². The molecular weight excluding hydrogens is 314 g/mol. The lowest BCUT2D eigenvalue weighted by molar-refractivity contribution is 0.0935. The molecule has 1 amide bonds. The van der Waals surface area contributed by atoms with Crippen molar-refractivity contribution in [2.24, 2.45) is 0 Å². The fraction of sp³-hybridized carbons (Fsp3) is 0.176. The van der Waals surface area contributed by atoms with E-state index < -0.39 is 0 Å². The topological polar surface area (TPSA) is 67.0 Å². The van der Waals surface area contributed by atoms with Crippen molar-refractivity contribution < 1.29 is 9.53 Å². The highest BCUT2D eigenvalue weighted by Gasteiger charge is 2.14. The lowest BCUT2D eigenvalue weighted by Gasteiger charge is -2.12. The third-order valence-corrected chi connectivity index (χ3v) is 3.84. The predicted molar refractivity (Wildman–Crippen MR) is 90.0 cm³/mol. The van der Waals surface area contributed by atoms with E-state index in [4.69, 9.17) is 16.3 Å². The van der Waals surface area contributed by atoms with E-state index in [0.29, 0.717) is 10.7 Å². The quantitative estimate of drug-likeness (QED) is 0.766. The summed E-state index contributed by atoms with van der Waals surface area (Å²) in [7, 11) is 1.61. The molecule has 3 rings (SSSR count). The summed E-state index contributed by atoms with van der Waals surface area (Å²) in [4.78, 5) is 19.7. The summed E-state index contributed by atoms with van der Waals surface area (Å²) in [6, 6.07) is 10.7. The maximum atomic E-state index is 12.4. The zero-order chi connectivity index (χ0) is 16.4. The SMILES string of the molecule is COc1ccc2[nH]c(C(=O)N[C@@H](C)c3ccc(Cl)cn3)cc2c1. The Morgan fingerprint density at radius 3 is 2.83 bits per heavy atom. The monoisotopic (exact) mass is 329 g/mol. The Labute approximate surface area is 138 Å². The van der Waals surface area contributed by atoms with Crippen molar-refractivity contribution in [1.82, 2.24) is 15.3 Å². The number of aromatic nitrogens is 2. The molecule has 0 saturated heterocycles. The van der Waals surface area contributed by atoms with Gasteiger partial charge >= 0.3 is 0 Å². The molecular formula is C17H16ClN3O2. The number of H-pyrrole nitrogens is 1. The van der Waals surface area contributed by atoms with Crippen LogP contribution in [0.1, 0.15) is 29.1 Å². The molecule has 1 aromatic carbocycles. The van der Waals surface area contributed by atoms with E-state index in [1.54, 1.807) is 31.5 Å². The van der Waals surface area contributed by atoms with Gasteiger partial charge in [0, 0.05) is 17.1 Å². The highest BCUT2D eigenvalue weighted by atomic mass is 35.5. The van der Waals surface area contributed by atoms with E-state index >= 15 is 0 Å². The summed E-state index contributed by atoms with van der Waals surface area (Å²) in [5.74, 6) is 0.562. The molecule has 2 N–H and O–H groups in total. The zero-order valence-corrected chi connectivity index (χ0v) is 13.5. The number of halogens is 1. The van der Waals surface area contributed by atoms with E-state index in [1.807, 2.05) is 25.1 Å². The third-order valence-electron chi connectivity index (χ3n) is 3.61. The van der Waals surface area contributed by atoms with E-state index in [2.05, 4.69) is 15.3 Å². The Hall–Kier alpha value is -2.53. The molecule has 0 aliphatic heterocycles. The van der Waals surface area contributed by atoms with Gasteiger partial charge in [-0.25, -0.2) is 0 Å². The van der Waals surface area contributed by atoms with Gasteiger partial charge in [-0.15, -0.1) is 0 Å². The number of hydrogen-bond acceptors (Lipinski definition) is 3. The molecule has 0 aliphatic rings. The number of amides is 1. The van der Waals surface area contributed by atoms with Crippen LogP contribution >= 0.6 is 11.6 Å². The van der Waals surface area contributed by atoms with Crippen LogP contribution < -0.4 is 10.1 Å². The lowest BCUT2D eigenvalue weighted by Crippen LogP contribution is -2.27. The number of nitrogens with one attached hydrogen (secondary N) is 2. The summed E-state index contributed by atoms with van der Waals surface area (Å²) in [6.07, 6.45) is 1.56. The number of nitrogens with zero attached hydrogens (tertiary/aromatic N) is 1. The minimum absolute atomic E-state index is 0.190. The van der Waals surface area contributed by atoms with Crippen molar-refractivity contribution >= 4 is 28.4 Å². The fourth-order valence-electron chi connectivity index (χ4n) is 2.35. The maximum absolute atomic E-state index is 12.4. The second-order valence-corrected chi connectivity index (χ2v) is 5.67. The van der Waals surface area contributed by atoms with Gasteiger partial charge in [0.15, 0.2) is 0 Å². The Kier molecular flexibility index (Phi) is 4.21. The second-order valence-electron chi connectivity index (χ2n) is 5.23. The van der Waals surface area contributed by atoms with Crippen LogP contribution in [0.4, 0.5) is 0 Å². The molecule has 0 saturated carbocycles. The second kappa shape index (κ2) is 6.30. The summed E-state index contributed by atoms with van der Waals surface area (Å²) >= 11 is 5.82. The molecule has 0 aliphatic carbocycles. The number of fused-ring (bicyclic) bond motifs is 1. The molecule has 6 heteroatoms. The number of ether oxygens (including phenoxy) is 1. The normalized spacial score (nSPS) is 12.1. The molecule has 0 fully saturated rings. The van der Waals surface area contributed by atoms with Crippen LogP contribution in [0.25, 0.3) is 10.9 Å². The number of aromatic amines is 1. The Balaban J connectivity index is 1.78. The molecule has 0 unspecified atom stereocenters. The number of rotatable bonds is 4. The molecule has 23 heavy (non-hydrogen) atoms. The van der Waals surface area contributed by atoms with Gasteiger partial charge in [0.1, 0.15) is 11.4 Å². The van der Waals surface area contributed by atoms with Crippen LogP contribution in [-0.2, 0) is 0 Å². The third kappa shape index (κ3) is 3.29. The Bertz CT molecular complexity index is 843. The van der Waals surface area contributed by atoms with Gasteiger partial charge in [-0.3, -0.25) is 9.78 Å². The molecule has 3 aromatic rings. The first-order chi connectivity index (χ1) is 11.1. The van der Waals surface area contributed by atoms with Crippen molar-refractivity contribution in [3.05, 3.63) is 59.0 Å². The summed E-state index contributed by atoms with van der Waals surface area (Å²) < 4.78 is 5.19. The highest BCUT2D eigenvalue weighted by molar-refractivity contribution is 6.30. The minimum Gasteiger partial charge on any atom is -0.497 e. The molecule has 2 aromatic heterocycles. The molecule has 1 atom stereocenters. The molecule has 0 spiro atoms. The Morgan fingerprint density at radius 1 is 1.30 bits per heavy atom. The summed E-state index contributed by atoms with van der Waals surface area (Å²) in [5.41, 5.74) is 2.13. The van der Waals surface area contributed by atoms with Gasteiger partial charge in [0.2, 0.25) is 0 Å².